The van der Waals surface area contributed by atoms with Crippen molar-refractivity contribution in [2.45, 2.75) is 25.0 Å². The van der Waals surface area contributed by atoms with Crippen LogP contribution in [0, 0.1) is 11.7 Å². The van der Waals surface area contributed by atoms with Crippen molar-refractivity contribution in [3.05, 3.63) is 136 Å². The third-order valence-electron chi connectivity index (χ3n) is 7.19. The SMILES string of the molecule is Fc1ccccc1COc1ccc(Cl)cc1C=Nc1ccc([C@@H]2Nc3ccccc3[C@@H]3C=CC[C@H]32)cc1. The molecule has 2 aliphatic rings. The zero-order chi connectivity index (χ0) is 25.2. The van der Waals surface area contributed by atoms with Crippen LogP contribution in [0.5, 0.6) is 5.75 Å². The Hall–Kier alpha value is -3.89. The van der Waals surface area contributed by atoms with Gasteiger partial charge in [-0.15, -0.1) is 0 Å². The molecule has 37 heavy (non-hydrogen) atoms. The average molecular weight is 509 g/mol. The molecular formula is C32H26ClFN2O. The summed E-state index contributed by atoms with van der Waals surface area (Å²) in [6, 6.07) is 29.2. The number of hydrogen-bond acceptors (Lipinski definition) is 3. The molecule has 0 radical (unpaired) electrons. The maximum absolute atomic E-state index is 14.0. The topological polar surface area (TPSA) is 33.6 Å². The van der Waals surface area contributed by atoms with Crippen molar-refractivity contribution in [3.63, 3.8) is 0 Å². The van der Waals surface area contributed by atoms with E-state index < -0.39 is 0 Å². The zero-order valence-corrected chi connectivity index (χ0v) is 20.9. The molecule has 0 unspecified atom stereocenters. The minimum atomic E-state index is -0.289. The summed E-state index contributed by atoms with van der Waals surface area (Å²) in [7, 11) is 0. The van der Waals surface area contributed by atoms with Gasteiger partial charge in [-0.3, -0.25) is 4.99 Å². The Labute approximate surface area is 221 Å². The highest BCUT2D eigenvalue weighted by atomic mass is 35.5. The Balaban J connectivity index is 1.19. The molecule has 184 valence electrons. The number of nitrogens with zero attached hydrogens (tertiary/aromatic N) is 1. The number of fused-ring (bicyclic) bond motifs is 3. The number of aliphatic imine (C=N–C) groups is 1. The standard InChI is InChI=1S/C32H26ClFN2O/c33-24-14-17-31(37-20-22-6-1-3-10-29(22)34)23(18-24)19-35-25-15-12-21(13-16-25)32-28-9-5-8-26(28)27-7-2-4-11-30(27)36-32/h1-8,10-19,26,28,32,36H,9,20H2/t26-,28+,32-/m0/s1. The number of para-hydroxylation sites is 1. The van der Waals surface area contributed by atoms with Crippen LogP contribution in [0.4, 0.5) is 15.8 Å². The third-order valence-corrected chi connectivity index (χ3v) is 7.42. The quantitative estimate of drug-likeness (QED) is 0.209. The van der Waals surface area contributed by atoms with Gasteiger partial charge in [-0.2, -0.15) is 0 Å². The Morgan fingerprint density at radius 3 is 2.65 bits per heavy atom. The van der Waals surface area contributed by atoms with Crippen LogP contribution in [0.1, 0.15) is 40.6 Å². The first-order chi connectivity index (χ1) is 18.2. The molecule has 0 spiro atoms. The van der Waals surface area contributed by atoms with E-state index in [1.54, 1.807) is 42.6 Å². The molecule has 1 aliphatic carbocycles. The normalized spacial score (nSPS) is 19.9. The van der Waals surface area contributed by atoms with E-state index in [4.69, 9.17) is 16.3 Å². The smallest absolute Gasteiger partial charge is 0.129 e. The maximum Gasteiger partial charge on any atom is 0.129 e. The molecule has 3 atom stereocenters. The van der Waals surface area contributed by atoms with Crippen LogP contribution in [0.25, 0.3) is 0 Å². The van der Waals surface area contributed by atoms with Crippen LogP contribution in [-0.4, -0.2) is 6.21 Å². The fourth-order valence-electron chi connectivity index (χ4n) is 5.31. The van der Waals surface area contributed by atoms with Gasteiger partial charge in [0.2, 0.25) is 0 Å². The summed E-state index contributed by atoms with van der Waals surface area (Å²) in [6.07, 6.45) is 7.47. The monoisotopic (exact) mass is 508 g/mol. The van der Waals surface area contributed by atoms with Crippen molar-refractivity contribution in [2.75, 3.05) is 5.32 Å². The van der Waals surface area contributed by atoms with Crippen LogP contribution in [0.2, 0.25) is 5.02 Å². The minimum absolute atomic E-state index is 0.123. The van der Waals surface area contributed by atoms with Crippen molar-refractivity contribution in [2.24, 2.45) is 10.9 Å². The molecule has 4 aromatic carbocycles. The summed E-state index contributed by atoms with van der Waals surface area (Å²) < 4.78 is 19.9. The fraction of sp³-hybridized carbons (Fsp3) is 0.156. The predicted molar refractivity (Wildman–Crippen MR) is 149 cm³/mol. The lowest BCUT2D eigenvalue weighted by Gasteiger charge is -2.37. The van der Waals surface area contributed by atoms with Crippen LogP contribution in [0.15, 0.2) is 108 Å². The van der Waals surface area contributed by atoms with Gasteiger partial charge in [0.1, 0.15) is 18.2 Å². The van der Waals surface area contributed by atoms with Crippen LogP contribution >= 0.6 is 11.6 Å². The molecule has 0 saturated heterocycles. The largest absolute Gasteiger partial charge is 0.488 e. The summed E-state index contributed by atoms with van der Waals surface area (Å²) in [5.74, 6) is 1.26. The van der Waals surface area contributed by atoms with Gasteiger partial charge in [0.15, 0.2) is 0 Å². The van der Waals surface area contributed by atoms with Gasteiger partial charge in [0, 0.05) is 34.0 Å². The van der Waals surface area contributed by atoms with Crippen LogP contribution in [-0.2, 0) is 6.61 Å². The first-order valence-corrected chi connectivity index (χ1v) is 12.9. The van der Waals surface area contributed by atoms with E-state index in [-0.39, 0.29) is 18.5 Å². The second-order valence-electron chi connectivity index (χ2n) is 9.47. The Morgan fingerprint density at radius 2 is 1.78 bits per heavy atom. The first-order valence-electron chi connectivity index (χ1n) is 12.5. The molecule has 0 amide bonds. The number of halogens is 2. The van der Waals surface area contributed by atoms with E-state index in [9.17, 15) is 4.39 Å². The third kappa shape index (κ3) is 4.90. The Bertz CT molecular complexity index is 1480. The second kappa shape index (κ2) is 10.2. The van der Waals surface area contributed by atoms with Crippen molar-refractivity contribution < 1.29 is 9.13 Å². The molecule has 1 N–H and O–H groups in total. The number of hydrogen-bond donors (Lipinski definition) is 1. The molecule has 0 aromatic heterocycles. The van der Waals surface area contributed by atoms with Gasteiger partial charge in [-0.05, 0) is 65.9 Å². The zero-order valence-electron chi connectivity index (χ0n) is 20.1. The summed E-state index contributed by atoms with van der Waals surface area (Å²) in [5.41, 5.74) is 5.91. The molecule has 0 saturated carbocycles. The van der Waals surface area contributed by atoms with Gasteiger partial charge in [-0.25, -0.2) is 4.39 Å². The average Bonchev–Trinajstić information content (AvgIpc) is 3.43. The fourth-order valence-corrected chi connectivity index (χ4v) is 5.49. The summed E-state index contributed by atoms with van der Waals surface area (Å²) in [5, 5.41) is 4.35. The van der Waals surface area contributed by atoms with Gasteiger partial charge in [-0.1, -0.05) is 72.3 Å². The van der Waals surface area contributed by atoms with E-state index in [1.165, 1.54) is 22.9 Å². The van der Waals surface area contributed by atoms with Gasteiger partial charge < -0.3 is 10.1 Å². The predicted octanol–water partition coefficient (Wildman–Crippen LogP) is 8.64. The number of ether oxygens (including phenoxy) is 1. The van der Waals surface area contributed by atoms with Gasteiger partial charge in [0.25, 0.3) is 0 Å². The molecule has 6 rings (SSSR count). The Morgan fingerprint density at radius 1 is 0.973 bits per heavy atom. The molecule has 1 aliphatic heterocycles. The van der Waals surface area contributed by atoms with Crippen molar-refractivity contribution in [1.82, 2.24) is 0 Å². The molecule has 4 aromatic rings. The molecule has 3 nitrogen and oxygen atoms in total. The highest BCUT2D eigenvalue weighted by molar-refractivity contribution is 6.30. The summed E-state index contributed by atoms with van der Waals surface area (Å²) in [4.78, 5) is 4.67. The summed E-state index contributed by atoms with van der Waals surface area (Å²) >= 11 is 6.24. The second-order valence-corrected chi connectivity index (χ2v) is 9.91. The van der Waals surface area contributed by atoms with Gasteiger partial charge in [0.05, 0.1) is 11.7 Å². The molecular weight excluding hydrogens is 483 g/mol. The van der Waals surface area contributed by atoms with Crippen molar-refractivity contribution in [1.29, 1.82) is 0 Å². The van der Waals surface area contributed by atoms with Crippen molar-refractivity contribution >= 4 is 29.2 Å². The number of benzene rings is 4. The highest BCUT2D eigenvalue weighted by Gasteiger charge is 2.37. The van der Waals surface area contributed by atoms with Gasteiger partial charge >= 0.3 is 0 Å². The summed E-state index contributed by atoms with van der Waals surface area (Å²) in [6.45, 7) is 0.123. The van der Waals surface area contributed by atoms with Crippen LogP contribution in [0.3, 0.4) is 0 Å². The van der Waals surface area contributed by atoms with E-state index in [0.717, 1.165) is 17.7 Å². The van der Waals surface area contributed by atoms with E-state index in [0.29, 0.717) is 28.2 Å². The lowest BCUT2D eigenvalue weighted by Crippen LogP contribution is -2.28. The molecule has 0 bridgehead atoms. The molecule has 0 fully saturated rings. The lowest BCUT2D eigenvalue weighted by molar-refractivity contribution is 0.299. The molecule has 1 heterocycles. The lowest BCUT2D eigenvalue weighted by atomic mass is 9.77. The number of anilines is 1. The Kier molecular flexibility index (Phi) is 6.50. The number of rotatable bonds is 6. The van der Waals surface area contributed by atoms with E-state index in [1.807, 2.05) is 12.1 Å². The van der Waals surface area contributed by atoms with Crippen molar-refractivity contribution in [3.8, 4) is 5.75 Å². The molecule has 5 heteroatoms. The highest BCUT2D eigenvalue weighted by Crippen LogP contribution is 2.49. The first kappa shape index (κ1) is 23.5. The number of nitrogens with one attached hydrogen (secondary N) is 1. The minimum Gasteiger partial charge on any atom is -0.488 e. The van der Waals surface area contributed by atoms with Crippen LogP contribution < -0.4 is 10.1 Å². The maximum atomic E-state index is 14.0. The van der Waals surface area contributed by atoms with E-state index in [2.05, 4.69) is 58.9 Å². The van der Waals surface area contributed by atoms with E-state index >= 15 is 0 Å². The number of allylic oxidation sites excluding steroid dienone is 2.